The summed E-state index contributed by atoms with van der Waals surface area (Å²) >= 11 is 0. The summed E-state index contributed by atoms with van der Waals surface area (Å²) in [7, 11) is 0. The topological polar surface area (TPSA) is 98.6 Å². The van der Waals surface area contributed by atoms with Gasteiger partial charge in [-0.1, -0.05) is 0 Å². The first-order valence-electron chi connectivity index (χ1n) is 7.29. The van der Waals surface area contributed by atoms with Crippen molar-refractivity contribution in [2.75, 3.05) is 13.1 Å². The Hall–Kier alpha value is -0.850. The molecule has 0 aromatic rings. The summed E-state index contributed by atoms with van der Waals surface area (Å²) in [6.45, 7) is 5.67. The van der Waals surface area contributed by atoms with E-state index in [4.69, 9.17) is 16.2 Å². The number of amides is 2. The highest BCUT2D eigenvalue weighted by Gasteiger charge is 2.43. The Morgan fingerprint density at radius 3 is 2.71 bits per heavy atom. The summed E-state index contributed by atoms with van der Waals surface area (Å²) in [4.78, 5) is 24.9. The lowest BCUT2D eigenvalue weighted by Crippen LogP contribution is -2.45. The maximum atomic E-state index is 12.2. The predicted octanol–water partition coefficient (Wildman–Crippen LogP) is 0.417. The first-order valence-corrected chi connectivity index (χ1v) is 7.29. The minimum absolute atomic E-state index is 0. The number of hydrogen-bond donors (Lipinski definition) is 2. The van der Waals surface area contributed by atoms with Crippen LogP contribution in [0.4, 0.5) is 0 Å². The molecule has 4 N–H and O–H groups in total. The summed E-state index contributed by atoms with van der Waals surface area (Å²) in [5.74, 6) is -0.0696. The second-order valence-corrected chi connectivity index (χ2v) is 6.56. The van der Waals surface area contributed by atoms with Crippen LogP contribution < -0.4 is 11.5 Å². The van der Waals surface area contributed by atoms with Crippen molar-refractivity contribution in [2.45, 2.75) is 57.3 Å². The van der Waals surface area contributed by atoms with Gasteiger partial charge in [-0.3, -0.25) is 9.59 Å². The van der Waals surface area contributed by atoms with Crippen molar-refractivity contribution in [3.63, 3.8) is 0 Å². The van der Waals surface area contributed by atoms with Gasteiger partial charge in [0, 0.05) is 25.4 Å². The number of fused-ring (bicyclic) bond motifs is 1. The van der Waals surface area contributed by atoms with E-state index in [1.807, 2.05) is 4.90 Å². The second-order valence-electron chi connectivity index (χ2n) is 6.56. The molecule has 0 unspecified atom stereocenters. The van der Waals surface area contributed by atoms with Gasteiger partial charge < -0.3 is 21.1 Å². The van der Waals surface area contributed by atoms with Crippen molar-refractivity contribution in [3.05, 3.63) is 0 Å². The van der Waals surface area contributed by atoms with Gasteiger partial charge >= 0.3 is 0 Å². The summed E-state index contributed by atoms with van der Waals surface area (Å²) in [5, 5.41) is 0. The number of primary amides is 1. The number of ether oxygens (including phenoxy) is 1. The molecular formula is C14H26ClN3O3. The maximum Gasteiger partial charge on any atom is 0.234 e. The Morgan fingerprint density at radius 2 is 2.10 bits per heavy atom. The Labute approximate surface area is 132 Å². The van der Waals surface area contributed by atoms with Gasteiger partial charge in [-0.05, 0) is 33.1 Å². The number of halogens is 1. The SMILES string of the molecule is CC1(C)C[C@@H]2CN(C(=O)CC[C@H](N)C(N)=O)CC[C@@H]2O1.Cl. The molecule has 0 spiro atoms. The van der Waals surface area contributed by atoms with Crippen LogP contribution in [0.5, 0.6) is 0 Å². The quantitative estimate of drug-likeness (QED) is 0.784. The number of hydrogen-bond acceptors (Lipinski definition) is 4. The Kier molecular flexibility index (Phi) is 6.01. The Morgan fingerprint density at radius 1 is 1.43 bits per heavy atom. The molecule has 2 saturated heterocycles. The van der Waals surface area contributed by atoms with Crippen LogP contribution >= 0.6 is 12.4 Å². The van der Waals surface area contributed by atoms with Crippen molar-refractivity contribution >= 4 is 24.2 Å². The average Bonchev–Trinajstić information content (AvgIpc) is 2.67. The molecule has 7 heteroatoms. The van der Waals surface area contributed by atoms with E-state index in [0.29, 0.717) is 12.3 Å². The molecule has 2 aliphatic heterocycles. The lowest BCUT2D eigenvalue weighted by Gasteiger charge is -2.34. The van der Waals surface area contributed by atoms with Crippen molar-refractivity contribution in [2.24, 2.45) is 17.4 Å². The fraction of sp³-hybridized carbons (Fsp3) is 0.857. The third kappa shape index (κ3) is 4.56. The van der Waals surface area contributed by atoms with E-state index in [-0.39, 0.29) is 36.4 Å². The van der Waals surface area contributed by atoms with E-state index in [1.165, 1.54) is 0 Å². The molecule has 0 bridgehead atoms. The molecule has 6 nitrogen and oxygen atoms in total. The van der Waals surface area contributed by atoms with Crippen molar-refractivity contribution in [3.8, 4) is 0 Å². The molecule has 0 aromatic carbocycles. The first kappa shape index (κ1) is 18.2. The van der Waals surface area contributed by atoms with Gasteiger partial charge in [-0.25, -0.2) is 0 Å². The van der Waals surface area contributed by atoms with Crippen molar-refractivity contribution in [1.29, 1.82) is 0 Å². The van der Waals surface area contributed by atoms with E-state index in [9.17, 15) is 9.59 Å². The van der Waals surface area contributed by atoms with Crippen molar-refractivity contribution in [1.82, 2.24) is 4.90 Å². The van der Waals surface area contributed by atoms with E-state index in [1.54, 1.807) is 0 Å². The van der Waals surface area contributed by atoms with Gasteiger partial charge in [0.15, 0.2) is 0 Å². The summed E-state index contributed by atoms with van der Waals surface area (Å²) in [5.41, 5.74) is 10.6. The lowest BCUT2D eigenvalue weighted by molar-refractivity contribution is -0.135. The largest absolute Gasteiger partial charge is 0.372 e. The zero-order chi connectivity index (χ0) is 14.9. The summed E-state index contributed by atoms with van der Waals surface area (Å²) < 4.78 is 5.99. The fourth-order valence-electron chi connectivity index (χ4n) is 3.26. The van der Waals surface area contributed by atoms with Gasteiger partial charge in [0.25, 0.3) is 0 Å². The zero-order valence-electron chi connectivity index (χ0n) is 12.7. The van der Waals surface area contributed by atoms with Gasteiger partial charge in [0.2, 0.25) is 11.8 Å². The molecule has 2 amide bonds. The standard InChI is InChI=1S/C14H25N3O3.ClH/c1-14(2)7-9-8-17(6-5-11(9)20-14)12(18)4-3-10(15)13(16)19;/h9-11H,3-8,15H2,1-2H3,(H2,16,19);1H/t9-,10+,11+;/m1./s1. The molecule has 0 saturated carbocycles. The van der Waals surface area contributed by atoms with Crippen LogP contribution in [0.15, 0.2) is 0 Å². The summed E-state index contributed by atoms with van der Waals surface area (Å²) in [6, 6.07) is -0.731. The number of nitrogens with zero attached hydrogens (tertiary/aromatic N) is 1. The van der Waals surface area contributed by atoms with Crippen LogP contribution in [0.2, 0.25) is 0 Å². The molecule has 2 rings (SSSR count). The Balaban J connectivity index is 0.00000220. The molecule has 0 aromatic heterocycles. The van der Waals surface area contributed by atoms with Gasteiger partial charge in [0.1, 0.15) is 0 Å². The van der Waals surface area contributed by atoms with Gasteiger partial charge in [-0.15, -0.1) is 12.4 Å². The Bertz CT molecular complexity index is 403. The molecule has 2 aliphatic rings. The summed E-state index contributed by atoms with van der Waals surface area (Å²) in [6.07, 6.45) is 2.76. The lowest BCUT2D eigenvalue weighted by atomic mass is 9.89. The molecule has 3 atom stereocenters. The van der Waals surface area contributed by atoms with Crippen LogP contribution in [0.1, 0.15) is 39.5 Å². The number of piperidine rings is 1. The van der Waals surface area contributed by atoms with Crippen LogP contribution in [0, 0.1) is 5.92 Å². The highest BCUT2D eigenvalue weighted by Crippen LogP contribution is 2.38. The molecule has 2 fully saturated rings. The molecule has 122 valence electrons. The number of likely N-dealkylation sites (tertiary alicyclic amines) is 1. The zero-order valence-corrected chi connectivity index (χ0v) is 13.5. The number of nitrogens with two attached hydrogens (primary N) is 2. The average molecular weight is 320 g/mol. The molecule has 2 heterocycles. The van der Waals surface area contributed by atoms with E-state index in [2.05, 4.69) is 13.8 Å². The number of rotatable bonds is 4. The normalized spacial score (nSPS) is 28.4. The third-order valence-corrected chi connectivity index (χ3v) is 4.28. The van der Waals surface area contributed by atoms with Crippen LogP contribution in [0.3, 0.4) is 0 Å². The second kappa shape index (κ2) is 6.94. The minimum Gasteiger partial charge on any atom is -0.372 e. The molecule has 0 aliphatic carbocycles. The predicted molar refractivity (Wildman–Crippen MR) is 81.9 cm³/mol. The van der Waals surface area contributed by atoms with Crippen LogP contribution in [-0.4, -0.2) is 47.6 Å². The number of carbonyl (C=O) groups is 2. The smallest absolute Gasteiger partial charge is 0.234 e. The first-order chi connectivity index (χ1) is 9.28. The maximum absolute atomic E-state index is 12.2. The number of carbonyl (C=O) groups excluding carboxylic acids is 2. The highest BCUT2D eigenvalue weighted by atomic mass is 35.5. The van der Waals surface area contributed by atoms with Crippen molar-refractivity contribution < 1.29 is 14.3 Å². The van der Waals surface area contributed by atoms with Crippen LogP contribution in [0.25, 0.3) is 0 Å². The van der Waals surface area contributed by atoms with E-state index >= 15 is 0 Å². The minimum atomic E-state index is -0.731. The fourth-order valence-corrected chi connectivity index (χ4v) is 3.26. The van der Waals surface area contributed by atoms with E-state index in [0.717, 1.165) is 25.9 Å². The van der Waals surface area contributed by atoms with E-state index < -0.39 is 11.9 Å². The third-order valence-electron chi connectivity index (χ3n) is 4.28. The molecule has 21 heavy (non-hydrogen) atoms. The molecule has 0 radical (unpaired) electrons. The van der Waals surface area contributed by atoms with Crippen LogP contribution in [-0.2, 0) is 14.3 Å². The van der Waals surface area contributed by atoms with Gasteiger partial charge in [0.05, 0.1) is 17.7 Å². The molecular weight excluding hydrogens is 294 g/mol. The van der Waals surface area contributed by atoms with Gasteiger partial charge in [-0.2, -0.15) is 0 Å². The highest BCUT2D eigenvalue weighted by molar-refractivity contribution is 5.85. The monoisotopic (exact) mass is 319 g/mol.